The van der Waals surface area contributed by atoms with Gasteiger partial charge in [0.05, 0.1) is 6.61 Å². The van der Waals surface area contributed by atoms with E-state index in [-0.39, 0.29) is 6.10 Å². The van der Waals surface area contributed by atoms with E-state index in [1.165, 1.54) is 0 Å². The molecule has 0 aromatic heterocycles. The van der Waals surface area contributed by atoms with Crippen LogP contribution in [0.3, 0.4) is 0 Å². The van der Waals surface area contributed by atoms with E-state index in [0.29, 0.717) is 6.61 Å². The second-order valence-electron chi connectivity index (χ2n) is 6.36. The summed E-state index contributed by atoms with van der Waals surface area (Å²) in [5.74, 6) is -1.19. The number of rotatable bonds is 5. The summed E-state index contributed by atoms with van der Waals surface area (Å²) in [6.07, 6.45) is 0.516. The van der Waals surface area contributed by atoms with Crippen LogP contribution in [0.5, 0.6) is 0 Å². The summed E-state index contributed by atoms with van der Waals surface area (Å²) in [7, 11) is 0. The van der Waals surface area contributed by atoms with E-state index in [0.717, 1.165) is 25.7 Å². The average molecular weight is 316 g/mol. The number of hydrogen-bond donors (Lipinski definition) is 1. The molecule has 0 radical (unpaired) electrons. The Morgan fingerprint density at radius 3 is 2.00 bits per heavy atom. The third kappa shape index (κ3) is 2.50. The Morgan fingerprint density at radius 2 is 1.50 bits per heavy atom. The minimum atomic E-state index is -0.761. The minimum absolute atomic E-state index is 0.287. The van der Waals surface area contributed by atoms with Crippen molar-refractivity contribution >= 4 is 0 Å². The van der Waals surface area contributed by atoms with Crippen molar-refractivity contribution in [2.75, 3.05) is 6.61 Å². The van der Waals surface area contributed by atoms with Crippen molar-refractivity contribution in [3.63, 3.8) is 0 Å². The van der Waals surface area contributed by atoms with E-state index in [9.17, 15) is 5.11 Å². The summed E-state index contributed by atoms with van der Waals surface area (Å²) in [4.78, 5) is 0. The van der Waals surface area contributed by atoms with Crippen LogP contribution in [0.4, 0.5) is 0 Å². The topological polar surface area (TPSA) is 66.4 Å². The standard InChI is InChI=1S/C16H28O6/c1-5-15(6-2)18-9-10(20-15)12-11(17)13-14(19-12)22-16(7-3,8-4)21-13/h10-14,17H,5-9H2,1-4H3/t10-,11+,12-,13-,14-/m1/s1. The van der Waals surface area contributed by atoms with E-state index in [1.807, 2.05) is 27.7 Å². The lowest BCUT2D eigenvalue weighted by Crippen LogP contribution is -2.43. The maximum Gasteiger partial charge on any atom is 0.190 e. The molecule has 3 heterocycles. The van der Waals surface area contributed by atoms with Gasteiger partial charge in [-0.1, -0.05) is 27.7 Å². The zero-order valence-corrected chi connectivity index (χ0v) is 13.9. The third-order valence-electron chi connectivity index (χ3n) is 5.31. The highest BCUT2D eigenvalue weighted by molar-refractivity contribution is 4.99. The molecule has 3 aliphatic heterocycles. The summed E-state index contributed by atoms with van der Waals surface area (Å²) in [5.41, 5.74) is 0. The lowest BCUT2D eigenvalue weighted by Gasteiger charge is -2.30. The van der Waals surface area contributed by atoms with Crippen LogP contribution in [0.25, 0.3) is 0 Å². The predicted octanol–water partition coefficient (Wildman–Crippen LogP) is 1.94. The molecule has 3 fully saturated rings. The predicted molar refractivity (Wildman–Crippen MR) is 78.1 cm³/mol. The van der Waals surface area contributed by atoms with Gasteiger partial charge in [0.1, 0.15) is 24.4 Å². The summed E-state index contributed by atoms with van der Waals surface area (Å²) < 4.78 is 29.7. The van der Waals surface area contributed by atoms with Gasteiger partial charge in [-0.05, 0) is 25.7 Å². The first-order valence-electron chi connectivity index (χ1n) is 8.53. The summed E-state index contributed by atoms with van der Waals surface area (Å²) >= 11 is 0. The van der Waals surface area contributed by atoms with Gasteiger partial charge in [0.15, 0.2) is 17.9 Å². The molecule has 6 nitrogen and oxygen atoms in total. The molecule has 6 heteroatoms. The Labute approximate surface area is 132 Å². The highest BCUT2D eigenvalue weighted by Crippen LogP contribution is 2.44. The van der Waals surface area contributed by atoms with Crippen LogP contribution >= 0.6 is 0 Å². The number of aliphatic hydroxyl groups excluding tert-OH is 1. The van der Waals surface area contributed by atoms with Crippen molar-refractivity contribution in [2.24, 2.45) is 0 Å². The molecule has 5 atom stereocenters. The fraction of sp³-hybridized carbons (Fsp3) is 1.00. The fourth-order valence-electron chi connectivity index (χ4n) is 3.62. The number of aliphatic hydroxyl groups is 1. The molecule has 3 aliphatic rings. The van der Waals surface area contributed by atoms with Crippen molar-refractivity contribution in [1.29, 1.82) is 0 Å². The zero-order chi connectivity index (χ0) is 16.0. The van der Waals surface area contributed by atoms with E-state index in [4.69, 9.17) is 23.7 Å². The maximum absolute atomic E-state index is 10.6. The molecule has 1 N–H and O–H groups in total. The molecule has 0 bridgehead atoms. The van der Waals surface area contributed by atoms with Gasteiger partial charge in [-0.15, -0.1) is 0 Å². The molecule has 0 aliphatic carbocycles. The monoisotopic (exact) mass is 316 g/mol. The van der Waals surface area contributed by atoms with Crippen molar-refractivity contribution in [3.8, 4) is 0 Å². The van der Waals surface area contributed by atoms with Gasteiger partial charge in [-0.25, -0.2) is 0 Å². The number of ether oxygens (including phenoxy) is 5. The quantitative estimate of drug-likeness (QED) is 0.836. The largest absolute Gasteiger partial charge is 0.387 e. The third-order valence-corrected chi connectivity index (χ3v) is 5.31. The van der Waals surface area contributed by atoms with Crippen LogP contribution < -0.4 is 0 Å². The first-order valence-corrected chi connectivity index (χ1v) is 8.53. The van der Waals surface area contributed by atoms with Crippen LogP contribution in [0, 0.1) is 0 Å². The van der Waals surface area contributed by atoms with Crippen molar-refractivity contribution in [3.05, 3.63) is 0 Å². The van der Waals surface area contributed by atoms with Crippen LogP contribution in [0.2, 0.25) is 0 Å². The Kier molecular flexibility index (Phi) is 4.53. The summed E-state index contributed by atoms with van der Waals surface area (Å²) in [6.45, 7) is 8.53. The Bertz CT molecular complexity index is 392. The van der Waals surface area contributed by atoms with E-state index in [2.05, 4.69) is 0 Å². The van der Waals surface area contributed by atoms with E-state index >= 15 is 0 Å². The first kappa shape index (κ1) is 16.6. The molecule has 3 rings (SSSR count). The Morgan fingerprint density at radius 1 is 0.864 bits per heavy atom. The van der Waals surface area contributed by atoms with E-state index < -0.39 is 36.2 Å². The second-order valence-corrected chi connectivity index (χ2v) is 6.36. The Hall–Kier alpha value is -0.240. The van der Waals surface area contributed by atoms with Gasteiger partial charge < -0.3 is 28.8 Å². The molecule has 0 saturated carbocycles. The minimum Gasteiger partial charge on any atom is -0.387 e. The summed E-state index contributed by atoms with van der Waals surface area (Å²) in [5, 5.41) is 10.6. The smallest absolute Gasteiger partial charge is 0.190 e. The highest BCUT2D eigenvalue weighted by atomic mass is 16.8. The second kappa shape index (κ2) is 6.00. The lowest BCUT2D eigenvalue weighted by atomic mass is 10.1. The van der Waals surface area contributed by atoms with Crippen molar-refractivity contribution in [1.82, 2.24) is 0 Å². The van der Waals surface area contributed by atoms with E-state index in [1.54, 1.807) is 0 Å². The normalized spacial score (nSPS) is 42.7. The van der Waals surface area contributed by atoms with Gasteiger partial charge in [-0.3, -0.25) is 0 Å². The molecule has 0 amide bonds. The number of hydrogen-bond acceptors (Lipinski definition) is 6. The average Bonchev–Trinajstić information content (AvgIpc) is 3.21. The molecule has 0 spiro atoms. The molecular weight excluding hydrogens is 288 g/mol. The molecule has 3 saturated heterocycles. The fourth-order valence-corrected chi connectivity index (χ4v) is 3.62. The Balaban J connectivity index is 1.66. The van der Waals surface area contributed by atoms with Gasteiger partial charge in [0.2, 0.25) is 0 Å². The molecule has 22 heavy (non-hydrogen) atoms. The molecule has 0 aromatic carbocycles. The molecule has 128 valence electrons. The molecule has 0 unspecified atom stereocenters. The molecule has 0 aromatic rings. The van der Waals surface area contributed by atoms with Gasteiger partial charge in [0.25, 0.3) is 0 Å². The number of fused-ring (bicyclic) bond motifs is 1. The van der Waals surface area contributed by atoms with Crippen molar-refractivity contribution < 1.29 is 28.8 Å². The van der Waals surface area contributed by atoms with Crippen LogP contribution in [-0.4, -0.2) is 54.0 Å². The van der Waals surface area contributed by atoms with Gasteiger partial charge >= 0.3 is 0 Å². The van der Waals surface area contributed by atoms with Crippen LogP contribution in [-0.2, 0) is 23.7 Å². The highest BCUT2D eigenvalue weighted by Gasteiger charge is 2.59. The SMILES string of the molecule is CCC1(CC)O[C@H]2O[C@H]([C@H]3COC(CC)(CC)O3)[C@H](O)[C@H]2O1. The first-order chi connectivity index (χ1) is 10.5. The zero-order valence-electron chi connectivity index (χ0n) is 13.9. The molecular formula is C16H28O6. The summed E-state index contributed by atoms with van der Waals surface area (Å²) in [6, 6.07) is 0. The van der Waals surface area contributed by atoms with Gasteiger partial charge in [-0.2, -0.15) is 0 Å². The van der Waals surface area contributed by atoms with Gasteiger partial charge in [0, 0.05) is 0 Å². The van der Waals surface area contributed by atoms with Crippen molar-refractivity contribution in [2.45, 2.75) is 95.7 Å². The lowest BCUT2D eigenvalue weighted by molar-refractivity contribution is -0.251. The van der Waals surface area contributed by atoms with Crippen LogP contribution in [0.1, 0.15) is 53.4 Å². The van der Waals surface area contributed by atoms with Crippen LogP contribution in [0.15, 0.2) is 0 Å². The maximum atomic E-state index is 10.6.